The number of alkyl halides is 1. The fourth-order valence-electron chi connectivity index (χ4n) is 6.23. The molecule has 2 fully saturated rings. The van der Waals surface area contributed by atoms with E-state index in [9.17, 15) is 51.0 Å². The van der Waals surface area contributed by atoms with Crippen LogP contribution in [0.25, 0.3) is 0 Å². The van der Waals surface area contributed by atoms with Crippen molar-refractivity contribution in [2.24, 2.45) is 11.3 Å². The van der Waals surface area contributed by atoms with Gasteiger partial charge in [0, 0.05) is 37.6 Å². The minimum Gasteiger partial charge on any atom is -0.395 e. The van der Waals surface area contributed by atoms with Gasteiger partial charge in [-0.1, -0.05) is 35.6 Å². The molecule has 2 aliphatic rings. The van der Waals surface area contributed by atoms with Crippen molar-refractivity contribution in [3.8, 4) is 0 Å². The van der Waals surface area contributed by atoms with Crippen molar-refractivity contribution in [2.75, 3.05) is 36.8 Å². The highest BCUT2D eigenvalue weighted by atomic mass is 32.2. The molecule has 0 atom stereocenters. The van der Waals surface area contributed by atoms with Gasteiger partial charge in [-0.15, -0.1) is 0 Å². The fourth-order valence-corrected chi connectivity index (χ4v) is 9.17. The van der Waals surface area contributed by atoms with Gasteiger partial charge in [-0.25, -0.2) is 21.2 Å². The summed E-state index contributed by atoms with van der Waals surface area (Å²) in [7, 11) is -7.34. The van der Waals surface area contributed by atoms with Crippen LogP contribution in [0.1, 0.15) is 82.4 Å². The molecule has 2 amide bonds. The number of nitrogens with zero attached hydrogens (tertiary/aromatic N) is 4. The summed E-state index contributed by atoms with van der Waals surface area (Å²) in [4.78, 5) is 44.1. The molecule has 2 saturated heterocycles. The van der Waals surface area contributed by atoms with Crippen LogP contribution in [-0.2, 0) is 20.0 Å². The van der Waals surface area contributed by atoms with Crippen molar-refractivity contribution in [3.63, 3.8) is 0 Å². The molecule has 0 spiro atoms. The molecule has 4 aromatic rings. The number of hydrogen-bond acceptors (Lipinski definition) is 12. The van der Waals surface area contributed by atoms with Gasteiger partial charge in [-0.2, -0.15) is 8.61 Å². The Morgan fingerprint density at radius 3 is 1.29 bits per heavy atom. The lowest BCUT2D eigenvalue weighted by atomic mass is 9.76. The summed E-state index contributed by atoms with van der Waals surface area (Å²) < 4.78 is 76.6. The van der Waals surface area contributed by atoms with Gasteiger partial charge in [0.25, 0.3) is 11.8 Å². The highest BCUT2D eigenvalue weighted by Crippen LogP contribution is 2.36. The Hall–Kier alpha value is -5.51. The molecule has 0 saturated carbocycles. The number of anilines is 2. The summed E-state index contributed by atoms with van der Waals surface area (Å²) in [6, 6.07) is 15.8. The number of furan rings is 2. The second kappa shape index (κ2) is 19.5. The molecule has 2 aliphatic heterocycles. The molecule has 6 rings (SSSR count). The van der Waals surface area contributed by atoms with Crippen molar-refractivity contribution in [1.29, 1.82) is 0 Å². The Morgan fingerprint density at radius 2 is 0.983 bits per heavy atom. The second-order valence-corrected chi connectivity index (χ2v) is 18.2. The normalized spacial score (nSPS) is 15.7. The predicted octanol–water partition coefficient (Wildman–Crippen LogP) is 7.72. The molecule has 2 aromatic carbocycles. The fraction of sp³-hybridized carbons (Fsp3) is 0.421. The van der Waals surface area contributed by atoms with Crippen LogP contribution in [0.2, 0.25) is 0 Å². The number of carbonyl (C=O) groups excluding carboxylic acids is 2. The lowest BCUT2D eigenvalue weighted by Gasteiger charge is -2.38. The predicted molar refractivity (Wildman–Crippen MR) is 217 cm³/mol. The third-order valence-corrected chi connectivity index (χ3v) is 13.4. The Labute approximate surface area is 342 Å². The zero-order chi connectivity index (χ0) is 41.7. The van der Waals surface area contributed by atoms with Crippen LogP contribution in [-0.4, -0.2) is 79.5 Å². The number of sulfonamides is 2. The van der Waals surface area contributed by atoms with Gasteiger partial charge in [-0.05, 0) is 97.7 Å². The molecule has 4 heterocycles. The smallest absolute Gasteiger partial charge is 0.395 e. The van der Waals surface area contributed by atoms with E-state index in [1.54, 1.807) is 0 Å². The zero-order valence-electron chi connectivity index (χ0n) is 31.1. The monoisotopic (exact) mass is 864 g/mol. The average molecular weight is 865 g/mol. The molecule has 2 aromatic heterocycles. The van der Waals surface area contributed by atoms with E-state index in [0.717, 1.165) is 25.0 Å². The minimum atomic E-state index is -3.73. The summed E-state index contributed by atoms with van der Waals surface area (Å²) in [5.41, 5.74) is 0.800. The molecule has 21 heteroatoms. The number of carbonyl (C=O) groups is 2. The van der Waals surface area contributed by atoms with E-state index in [-0.39, 0.29) is 67.5 Å². The standard InChI is InChI=1S/C20H25N3O6S.C16H16FN3O6S.2CH4/c1-20(2,3)14-10-12-22(13-11-14)30(27,28)16-6-4-15(5-7-16)21-19(24)17-8-9-18(29-17)23(25)26;17-11-7-9-19(10-8-11)27(24,25)13-3-1-12(2-4-13)18-16(21)14-5-6-15(26-14)20(22)23;;/h4-9,14H,10-13H2,1-3H3,(H,21,24);1-6,11H,7-10H2,(H,18,21);2*1H4. The molecule has 0 aliphatic carbocycles. The van der Waals surface area contributed by atoms with Crippen molar-refractivity contribution in [2.45, 2.75) is 77.3 Å². The maximum Gasteiger partial charge on any atom is 0.433 e. The molecule has 322 valence electrons. The van der Waals surface area contributed by atoms with Gasteiger partial charge >= 0.3 is 11.8 Å². The zero-order valence-corrected chi connectivity index (χ0v) is 32.8. The van der Waals surface area contributed by atoms with E-state index in [0.29, 0.717) is 30.4 Å². The first kappa shape index (κ1) is 47.9. The lowest BCUT2D eigenvalue weighted by Crippen LogP contribution is -2.41. The molecule has 0 bridgehead atoms. The Kier molecular flexibility index (Phi) is 15.8. The van der Waals surface area contributed by atoms with Crippen LogP contribution in [0.5, 0.6) is 0 Å². The third kappa shape index (κ3) is 11.8. The molecule has 0 unspecified atom stereocenters. The highest BCUT2D eigenvalue weighted by Gasteiger charge is 2.34. The number of nitro groups is 2. The van der Waals surface area contributed by atoms with Crippen molar-refractivity contribution >= 4 is 55.0 Å². The molecule has 0 radical (unpaired) electrons. The third-order valence-electron chi connectivity index (χ3n) is 9.55. The Bertz CT molecular complexity index is 2310. The van der Waals surface area contributed by atoms with Crippen molar-refractivity contribution in [1.82, 2.24) is 8.61 Å². The van der Waals surface area contributed by atoms with Crippen LogP contribution < -0.4 is 10.6 Å². The van der Waals surface area contributed by atoms with Gasteiger partial charge in [0.05, 0.1) is 21.9 Å². The summed E-state index contributed by atoms with van der Waals surface area (Å²) in [6.45, 7) is 7.75. The van der Waals surface area contributed by atoms with Gasteiger partial charge in [0.1, 0.15) is 16.0 Å². The van der Waals surface area contributed by atoms with E-state index in [1.807, 2.05) is 0 Å². The number of piperidine rings is 2. The van der Waals surface area contributed by atoms with E-state index < -0.39 is 59.6 Å². The largest absolute Gasteiger partial charge is 0.433 e. The first-order valence-electron chi connectivity index (χ1n) is 17.7. The Balaban J connectivity index is 0.000000306. The number of halogens is 1. The average Bonchev–Trinajstić information content (AvgIpc) is 3.88. The summed E-state index contributed by atoms with van der Waals surface area (Å²) >= 11 is 0. The van der Waals surface area contributed by atoms with Gasteiger partial charge in [0.2, 0.25) is 20.0 Å². The number of amides is 2. The lowest BCUT2D eigenvalue weighted by molar-refractivity contribution is -0.402. The maximum absolute atomic E-state index is 13.2. The highest BCUT2D eigenvalue weighted by molar-refractivity contribution is 7.89. The first-order chi connectivity index (χ1) is 26.7. The summed E-state index contributed by atoms with van der Waals surface area (Å²) in [5, 5.41) is 26.2. The number of rotatable bonds is 10. The van der Waals surface area contributed by atoms with Crippen LogP contribution in [0, 0.1) is 31.6 Å². The van der Waals surface area contributed by atoms with Gasteiger partial charge in [0.15, 0.2) is 11.5 Å². The quantitative estimate of drug-likeness (QED) is 0.115. The number of nitrogens with one attached hydrogen (secondary N) is 2. The molecular weight excluding hydrogens is 816 g/mol. The summed E-state index contributed by atoms with van der Waals surface area (Å²) in [5.74, 6) is -2.42. The minimum absolute atomic E-state index is 0. The SMILES string of the molecule is C.C.CC(C)(C)C1CCN(S(=O)(=O)c2ccc(NC(=O)c3ccc([N+](=O)[O-])o3)cc2)CC1.O=C(Nc1ccc(S(=O)(=O)N2CCC(F)CC2)cc1)c1ccc([N+](=O)[O-])o1. The molecule has 59 heavy (non-hydrogen) atoms. The summed E-state index contributed by atoms with van der Waals surface area (Å²) in [6.07, 6.45) is 1.01. The maximum atomic E-state index is 13.2. The van der Waals surface area contributed by atoms with E-state index >= 15 is 0 Å². The van der Waals surface area contributed by atoms with Gasteiger partial charge in [-0.3, -0.25) is 29.8 Å². The van der Waals surface area contributed by atoms with Crippen LogP contribution in [0.3, 0.4) is 0 Å². The van der Waals surface area contributed by atoms with E-state index in [2.05, 4.69) is 31.4 Å². The van der Waals surface area contributed by atoms with Crippen LogP contribution >= 0.6 is 0 Å². The molecule has 18 nitrogen and oxygen atoms in total. The van der Waals surface area contributed by atoms with E-state index in [1.165, 1.54) is 69.3 Å². The topological polar surface area (TPSA) is 246 Å². The van der Waals surface area contributed by atoms with Gasteiger partial charge < -0.3 is 19.5 Å². The van der Waals surface area contributed by atoms with Crippen molar-refractivity contribution in [3.05, 3.63) is 105 Å². The number of benzene rings is 2. The van der Waals surface area contributed by atoms with Crippen LogP contribution in [0.15, 0.2) is 91.4 Å². The second-order valence-electron chi connectivity index (χ2n) is 14.4. The molecular formula is C38H49FN6O12S2. The van der Waals surface area contributed by atoms with Crippen LogP contribution in [0.4, 0.5) is 27.5 Å². The molecule has 2 N–H and O–H groups in total. The van der Waals surface area contributed by atoms with Crippen molar-refractivity contribution < 1.29 is 49.5 Å². The Morgan fingerprint density at radius 1 is 0.644 bits per heavy atom. The number of hydrogen-bond donors (Lipinski definition) is 2. The van der Waals surface area contributed by atoms with E-state index in [4.69, 9.17) is 8.83 Å². The first-order valence-corrected chi connectivity index (χ1v) is 20.6.